The molecule has 180 valence electrons. The highest BCUT2D eigenvalue weighted by Crippen LogP contribution is 2.68. The van der Waals surface area contributed by atoms with Gasteiger partial charge in [0.25, 0.3) is 0 Å². The maximum Gasteiger partial charge on any atom is 0.314 e. The van der Waals surface area contributed by atoms with Gasteiger partial charge in [0.05, 0.1) is 6.61 Å². The molecular formula is C25H37ClO6. The van der Waals surface area contributed by atoms with Gasteiger partial charge in [-0.15, -0.1) is 11.6 Å². The number of carbonyl (C=O) groups excluding carboxylic acids is 2. The Balaban J connectivity index is 1.53. The van der Waals surface area contributed by atoms with E-state index in [1.54, 1.807) is 0 Å². The lowest BCUT2D eigenvalue weighted by atomic mass is 9.44. The van der Waals surface area contributed by atoms with Crippen LogP contribution >= 0.6 is 11.6 Å². The first-order valence-electron chi connectivity index (χ1n) is 12.3. The summed E-state index contributed by atoms with van der Waals surface area (Å²) in [5.74, 6) is -3.64. The molecule has 0 aromatic rings. The number of unbranched alkanes of at least 4 members (excludes halogenated alkanes) is 2. The van der Waals surface area contributed by atoms with Crippen LogP contribution in [0.25, 0.3) is 0 Å². The van der Waals surface area contributed by atoms with E-state index in [0.717, 1.165) is 44.9 Å². The van der Waals surface area contributed by atoms with Gasteiger partial charge in [-0.2, -0.15) is 0 Å². The number of rotatable bonds is 7. The maximum atomic E-state index is 12.9. The van der Waals surface area contributed by atoms with Gasteiger partial charge in [-0.25, -0.2) is 0 Å². The van der Waals surface area contributed by atoms with E-state index in [1.165, 1.54) is 0 Å². The molecule has 4 fully saturated rings. The zero-order valence-corrected chi connectivity index (χ0v) is 20.0. The summed E-state index contributed by atoms with van der Waals surface area (Å²) in [5.41, 5.74) is -0.814. The average molecular weight is 469 g/mol. The van der Waals surface area contributed by atoms with Gasteiger partial charge >= 0.3 is 5.97 Å². The number of fused-ring (bicyclic) bond motifs is 5. The van der Waals surface area contributed by atoms with Crippen LogP contribution in [0.5, 0.6) is 0 Å². The lowest BCUT2D eigenvalue weighted by Crippen LogP contribution is -2.60. The molecule has 0 amide bonds. The van der Waals surface area contributed by atoms with Crippen molar-refractivity contribution in [3.8, 4) is 0 Å². The van der Waals surface area contributed by atoms with Crippen molar-refractivity contribution in [1.82, 2.24) is 0 Å². The number of halogens is 1. The summed E-state index contributed by atoms with van der Waals surface area (Å²) in [5, 5.41) is 21.1. The standard InChI is InChI=1S/C25H37ClO6/c1-23-14-16(22(29)30)20(27)21(28)19(23)7-6-15-17(23)8-10-24(2)18(15)9-11-25(24,31)32-13-5-3-4-12-26/h15-19,31H,3-14H2,1-2H3,(H,29,30)/t15-,16?,17-,18+,19?,23-,24+,25?/m1/s1. The minimum atomic E-state index is -1.22. The number of Topliss-reactive ketones (excluding diaryl/α,β-unsaturated/α-hetero) is 2. The van der Waals surface area contributed by atoms with Crippen molar-refractivity contribution < 1.29 is 29.3 Å². The number of carboxylic acid groups (broad SMARTS) is 1. The zero-order chi connectivity index (χ0) is 23.3. The second kappa shape index (κ2) is 8.66. The Labute approximate surface area is 195 Å². The van der Waals surface area contributed by atoms with Crippen LogP contribution in [-0.2, 0) is 19.1 Å². The largest absolute Gasteiger partial charge is 0.481 e. The first-order chi connectivity index (χ1) is 15.1. The normalized spacial score (nSPS) is 45.8. The molecule has 0 aromatic heterocycles. The van der Waals surface area contributed by atoms with Crippen LogP contribution in [0.15, 0.2) is 0 Å². The Kier molecular flexibility index (Phi) is 6.54. The van der Waals surface area contributed by atoms with E-state index in [9.17, 15) is 24.6 Å². The third-order valence-electron chi connectivity index (χ3n) is 9.88. The molecule has 8 atom stereocenters. The SMILES string of the molecule is C[C@]12CC(C(=O)O)C(=O)C(=O)C1CC[C@@H]1[C@H]2CC[C@@]2(C)[C@H]1CCC2(O)OCCCCCCl. The molecule has 0 saturated heterocycles. The number of ketones is 2. The number of hydrogen-bond acceptors (Lipinski definition) is 5. The summed E-state index contributed by atoms with van der Waals surface area (Å²) in [7, 11) is 0. The van der Waals surface area contributed by atoms with Crippen molar-refractivity contribution in [2.24, 2.45) is 40.4 Å². The molecule has 0 spiro atoms. The quantitative estimate of drug-likeness (QED) is 0.191. The van der Waals surface area contributed by atoms with Crippen molar-refractivity contribution in [3.05, 3.63) is 0 Å². The Morgan fingerprint density at radius 1 is 1.03 bits per heavy atom. The van der Waals surface area contributed by atoms with Crippen molar-refractivity contribution in [1.29, 1.82) is 0 Å². The fourth-order valence-corrected chi connectivity index (χ4v) is 8.27. The first-order valence-corrected chi connectivity index (χ1v) is 12.9. The lowest BCUT2D eigenvalue weighted by Gasteiger charge is -2.60. The topological polar surface area (TPSA) is 101 Å². The van der Waals surface area contributed by atoms with E-state index in [4.69, 9.17) is 16.3 Å². The van der Waals surface area contributed by atoms with Crippen LogP contribution in [0.4, 0.5) is 0 Å². The van der Waals surface area contributed by atoms with Crippen LogP contribution < -0.4 is 0 Å². The summed E-state index contributed by atoms with van der Waals surface area (Å²) in [4.78, 5) is 37.0. The summed E-state index contributed by atoms with van der Waals surface area (Å²) in [6.45, 7) is 4.73. The summed E-state index contributed by atoms with van der Waals surface area (Å²) in [6, 6.07) is 0. The molecule has 4 aliphatic carbocycles. The number of ether oxygens (including phenoxy) is 1. The summed E-state index contributed by atoms with van der Waals surface area (Å²) in [6.07, 6.45) is 7.68. The van der Waals surface area contributed by atoms with E-state index in [-0.39, 0.29) is 29.6 Å². The monoisotopic (exact) mass is 468 g/mol. The minimum Gasteiger partial charge on any atom is -0.481 e. The molecule has 6 nitrogen and oxygen atoms in total. The van der Waals surface area contributed by atoms with Gasteiger partial charge in [-0.05, 0) is 81.0 Å². The molecular weight excluding hydrogens is 432 g/mol. The second-order valence-electron chi connectivity index (χ2n) is 11.2. The molecule has 4 saturated carbocycles. The van der Waals surface area contributed by atoms with Crippen molar-refractivity contribution in [3.63, 3.8) is 0 Å². The molecule has 4 rings (SSSR count). The van der Waals surface area contributed by atoms with Crippen LogP contribution in [-0.4, -0.2) is 46.0 Å². The van der Waals surface area contributed by atoms with Gasteiger partial charge < -0.3 is 14.9 Å². The Morgan fingerprint density at radius 3 is 2.44 bits per heavy atom. The van der Waals surface area contributed by atoms with Crippen LogP contribution in [0, 0.1) is 40.4 Å². The number of aliphatic hydroxyl groups is 1. The molecule has 0 heterocycles. The van der Waals surface area contributed by atoms with Crippen LogP contribution in [0.2, 0.25) is 0 Å². The molecule has 3 unspecified atom stereocenters. The zero-order valence-electron chi connectivity index (χ0n) is 19.3. The van der Waals surface area contributed by atoms with Gasteiger partial charge in [-0.3, -0.25) is 14.4 Å². The highest BCUT2D eigenvalue weighted by Gasteiger charge is 2.67. The number of aliphatic carboxylic acids is 1. The van der Waals surface area contributed by atoms with E-state index in [0.29, 0.717) is 31.2 Å². The number of carbonyl (C=O) groups is 3. The smallest absolute Gasteiger partial charge is 0.314 e. The average Bonchev–Trinajstić information content (AvgIpc) is 3.01. The highest BCUT2D eigenvalue weighted by molar-refractivity contribution is 6.42. The van der Waals surface area contributed by atoms with E-state index in [1.807, 2.05) is 6.92 Å². The first kappa shape index (κ1) is 24.2. The number of hydrogen-bond donors (Lipinski definition) is 2. The third-order valence-corrected chi connectivity index (χ3v) is 10.1. The van der Waals surface area contributed by atoms with Gasteiger partial charge in [0, 0.05) is 23.6 Å². The Hall–Kier alpha value is -0.980. The minimum absolute atomic E-state index is 0.198. The lowest BCUT2D eigenvalue weighted by molar-refractivity contribution is -0.278. The number of carboxylic acids is 1. The molecule has 4 aliphatic rings. The van der Waals surface area contributed by atoms with E-state index < -0.39 is 34.7 Å². The molecule has 0 radical (unpaired) electrons. The van der Waals surface area contributed by atoms with Gasteiger partial charge in [0.15, 0.2) is 5.79 Å². The van der Waals surface area contributed by atoms with Crippen molar-refractivity contribution in [2.45, 2.75) is 83.8 Å². The highest BCUT2D eigenvalue weighted by atomic mass is 35.5. The van der Waals surface area contributed by atoms with E-state index >= 15 is 0 Å². The molecule has 0 bridgehead atoms. The third kappa shape index (κ3) is 3.56. The fourth-order valence-electron chi connectivity index (χ4n) is 8.08. The predicted molar refractivity (Wildman–Crippen MR) is 119 cm³/mol. The summed E-state index contributed by atoms with van der Waals surface area (Å²) < 4.78 is 6.14. The fraction of sp³-hybridized carbons (Fsp3) is 0.880. The molecule has 2 N–H and O–H groups in total. The molecule has 0 aromatic carbocycles. The van der Waals surface area contributed by atoms with Crippen molar-refractivity contribution in [2.75, 3.05) is 12.5 Å². The predicted octanol–water partition coefficient (Wildman–Crippen LogP) is 4.20. The maximum absolute atomic E-state index is 12.9. The molecule has 7 heteroatoms. The molecule has 32 heavy (non-hydrogen) atoms. The molecule has 0 aliphatic heterocycles. The Bertz CT molecular complexity index is 784. The number of alkyl halides is 1. The Morgan fingerprint density at radius 2 is 1.75 bits per heavy atom. The van der Waals surface area contributed by atoms with Gasteiger partial charge in [0.1, 0.15) is 5.92 Å². The van der Waals surface area contributed by atoms with Crippen LogP contribution in [0.3, 0.4) is 0 Å². The van der Waals surface area contributed by atoms with Crippen LogP contribution in [0.1, 0.15) is 78.1 Å². The summed E-state index contributed by atoms with van der Waals surface area (Å²) >= 11 is 5.75. The van der Waals surface area contributed by atoms with Gasteiger partial charge in [0.2, 0.25) is 11.6 Å². The van der Waals surface area contributed by atoms with Crippen molar-refractivity contribution >= 4 is 29.1 Å². The van der Waals surface area contributed by atoms with E-state index in [2.05, 4.69) is 6.92 Å². The van der Waals surface area contributed by atoms with Gasteiger partial charge in [-0.1, -0.05) is 13.8 Å². The second-order valence-corrected chi connectivity index (χ2v) is 11.6.